The number of benzene rings is 1. The Morgan fingerprint density at radius 3 is 2.78 bits per heavy atom. The van der Waals surface area contributed by atoms with E-state index in [0.29, 0.717) is 10.9 Å². The van der Waals surface area contributed by atoms with Crippen LogP contribution in [0.3, 0.4) is 0 Å². The predicted octanol–water partition coefficient (Wildman–Crippen LogP) is 3.48. The van der Waals surface area contributed by atoms with Crippen LogP contribution in [0.4, 0.5) is 5.69 Å². The summed E-state index contributed by atoms with van der Waals surface area (Å²) in [4.78, 5) is 12.1. The monoisotopic (exact) mass is 267 g/mol. The van der Waals surface area contributed by atoms with E-state index in [-0.39, 0.29) is 5.97 Å². The van der Waals surface area contributed by atoms with Gasteiger partial charge in [0.1, 0.15) is 5.54 Å². The first kappa shape index (κ1) is 13.2. The second-order valence-electron chi connectivity index (χ2n) is 5.03. The molecule has 0 radical (unpaired) electrons. The Morgan fingerprint density at radius 2 is 2.22 bits per heavy atom. The molecule has 1 N–H and O–H groups in total. The molecule has 0 saturated heterocycles. The highest BCUT2D eigenvalue weighted by Gasteiger charge is 2.45. The van der Waals surface area contributed by atoms with Crippen molar-refractivity contribution in [1.29, 1.82) is 0 Å². The molecule has 0 bridgehead atoms. The van der Waals surface area contributed by atoms with Crippen LogP contribution in [-0.4, -0.2) is 18.6 Å². The molecule has 98 valence electrons. The molecule has 0 amide bonds. The van der Waals surface area contributed by atoms with Crippen molar-refractivity contribution < 1.29 is 9.53 Å². The highest BCUT2D eigenvalue weighted by Crippen LogP contribution is 2.39. The predicted molar refractivity (Wildman–Crippen MR) is 72.8 cm³/mol. The van der Waals surface area contributed by atoms with E-state index in [1.165, 1.54) is 7.11 Å². The molecule has 2 atom stereocenters. The van der Waals surface area contributed by atoms with Gasteiger partial charge < -0.3 is 10.1 Å². The second-order valence-corrected chi connectivity index (χ2v) is 5.43. The summed E-state index contributed by atoms with van der Waals surface area (Å²) in [6.07, 6.45) is 2.59. The number of rotatable bonds is 3. The number of carbonyl (C=O) groups is 1. The molecule has 4 heteroatoms. The van der Waals surface area contributed by atoms with Crippen molar-refractivity contribution in [1.82, 2.24) is 0 Å². The molecule has 2 unspecified atom stereocenters. The molecular formula is C14H18ClNO2. The van der Waals surface area contributed by atoms with E-state index in [2.05, 4.69) is 12.2 Å². The van der Waals surface area contributed by atoms with Gasteiger partial charge >= 0.3 is 5.97 Å². The van der Waals surface area contributed by atoms with E-state index in [1.807, 2.05) is 24.3 Å². The number of esters is 1. The second kappa shape index (κ2) is 5.19. The van der Waals surface area contributed by atoms with Gasteiger partial charge in [-0.25, -0.2) is 4.79 Å². The van der Waals surface area contributed by atoms with Crippen molar-refractivity contribution in [2.45, 2.75) is 31.7 Å². The summed E-state index contributed by atoms with van der Waals surface area (Å²) in [7, 11) is 1.43. The van der Waals surface area contributed by atoms with Crippen LogP contribution in [0, 0.1) is 5.92 Å². The topological polar surface area (TPSA) is 38.3 Å². The molecule has 2 rings (SSSR count). The Morgan fingerprint density at radius 1 is 1.50 bits per heavy atom. The maximum absolute atomic E-state index is 12.1. The molecule has 0 spiro atoms. The molecule has 18 heavy (non-hydrogen) atoms. The average Bonchev–Trinajstić information content (AvgIpc) is 2.74. The zero-order chi connectivity index (χ0) is 13.2. The summed E-state index contributed by atoms with van der Waals surface area (Å²) in [5.41, 5.74) is 0.165. The molecule has 0 aliphatic heterocycles. The Labute approximate surface area is 112 Å². The van der Waals surface area contributed by atoms with E-state index < -0.39 is 5.54 Å². The Balaban J connectivity index is 2.27. The minimum Gasteiger partial charge on any atom is -0.467 e. The van der Waals surface area contributed by atoms with Crippen molar-refractivity contribution in [3.8, 4) is 0 Å². The normalized spacial score (nSPS) is 26.9. The van der Waals surface area contributed by atoms with Crippen molar-refractivity contribution in [2.24, 2.45) is 5.92 Å². The van der Waals surface area contributed by atoms with E-state index >= 15 is 0 Å². The van der Waals surface area contributed by atoms with Crippen molar-refractivity contribution in [3.05, 3.63) is 29.3 Å². The highest BCUT2D eigenvalue weighted by molar-refractivity contribution is 6.33. The number of anilines is 1. The first-order chi connectivity index (χ1) is 8.57. The fraction of sp³-hybridized carbons (Fsp3) is 0.500. The molecule has 1 saturated carbocycles. The van der Waals surface area contributed by atoms with Gasteiger partial charge in [0.05, 0.1) is 17.8 Å². The number of para-hydroxylation sites is 1. The standard InChI is InChI=1S/C14H18ClNO2/c1-10-7-8-14(9-10,13(17)18-2)16-12-6-4-3-5-11(12)15/h3-6,10,16H,7-9H2,1-2H3. The van der Waals surface area contributed by atoms with Gasteiger partial charge in [-0.05, 0) is 37.3 Å². The first-order valence-electron chi connectivity index (χ1n) is 6.18. The third-order valence-corrected chi connectivity index (χ3v) is 3.91. The largest absolute Gasteiger partial charge is 0.467 e. The minimum absolute atomic E-state index is 0.202. The van der Waals surface area contributed by atoms with Crippen LogP contribution in [0.5, 0.6) is 0 Å². The summed E-state index contributed by atoms with van der Waals surface area (Å²) in [5, 5.41) is 3.92. The maximum atomic E-state index is 12.1. The number of carbonyl (C=O) groups excluding carboxylic acids is 1. The van der Waals surface area contributed by atoms with Crippen molar-refractivity contribution in [2.75, 3.05) is 12.4 Å². The van der Waals surface area contributed by atoms with Crippen LogP contribution >= 0.6 is 11.6 Å². The molecule has 1 fully saturated rings. The van der Waals surface area contributed by atoms with E-state index in [4.69, 9.17) is 16.3 Å². The van der Waals surface area contributed by atoms with Crippen LogP contribution in [0.15, 0.2) is 24.3 Å². The fourth-order valence-electron chi connectivity index (χ4n) is 2.66. The van der Waals surface area contributed by atoms with Gasteiger partial charge in [0, 0.05) is 0 Å². The first-order valence-corrected chi connectivity index (χ1v) is 6.56. The number of ether oxygens (including phenoxy) is 1. The zero-order valence-corrected chi connectivity index (χ0v) is 11.5. The third-order valence-electron chi connectivity index (χ3n) is 3.58. The van der Waals surface area contributed by atoms with Crippen LogP contribution in [0.2, 0.25) is 5.02 Å². The summed E-state index contributed by atoms with van der Waals surface area (Å²) in [6.45, 7) is 2.15. The van der Waals surface area contributed by atoms with Gasteiger partial charge in [0.15, 0.2) is 0 Å². The van der Waals surface area contributed by atoms with E-state index in [0.717, 1.165) is 24.9 Å². The Bertz CT molecular complexity index is 449. The smallest absolute Gasteiger partial charge is 0.331 e. The lowest BCUT2D eigenvalue weighted by Gasteiger charge is -2.29. The SMILES string of the molecule is COC(=O)C1(Nc2ccccc2Cl)CCC(C)C1. The number of methoxy groups -OCH3 is 1. The van der Waals surface area contributed by atoms with Gasteiger partial charge in [-0.3, -0.25) is 0 Å². The quantitative estimate of drug-likeness (QED) is 0.852. The minimum atomic E-state index is -0.626. The lowest BCUT2D eigenvalue weighted by Crippen LogP contribution is -2.45. The van der Waals surface area contributed by atoms with Crippen LogP contribution in [0.25, 0.3) is 0 Å². The molecule has 3 nitrogen and oxygen atoms in total. The van der Waals surface area contributed by atoms with Gasteiger partial charge in [-0.1, -0.05) is 30.7 Å². The van der Waals surface area contributed by atoms with E-state index in [9.17, 15) is 4.79 Å². The fourth-order valence-corrected chi connectivity index (χ4v) is 2.84. The summed E-state index contributed by atoms with van der Waals surface area (Å²) < 4.78 is 4.95. The number of nitrogens with one attached hydrogen (secondary N) is 1. The lowest BCUT2D eigenvalue weighted by molar-refractivity contribution is -0.145. The maximum Gasteiger partial charge on any atom is 0.331 e. The molecule has 1 aromatic rings. The Kier molecular flexibility index (Phi) is 3.81. The van der Waals surface area contributed by atoms with Crippen LogP contribution in [0.1, 0.15) is 26.2 Å². The van der Waals surface area contributed by atoms with E-state index in [1.54, 1.807) is 0 Å². The molecule has 1 aromatic carbocycles. The van der Waals surface area contributed by atoms with Crippen LogP contribution in [-0.2, 0) is 9.53 Å². The van der Waals surface area contributed by atoms with Crippen LogP contribution < -0.4 is 5.32 Å². The molecular weight excluding hydrogens is 250 g/mol. The summed E-state index contributed by atoms with van der Waals surface area (Å²) in [6, 6.07) is 7.47. The number of hydrogen-bond acceptors (Lipinski definition) is 3. The van der Waals surface area contributed by atoms with Gasteiger partial charge in [-0.2, -0.15) is 0 Å². The lowest BCUT2D eigenvalue weighted by atomic mass is 9.95. The highest BCUT2D eigenvalue weighted by atomic mass is 35.5. The Hall–Kier alpha value is -1.22. The molecule has 1 aliphatic carbocycles. The zero-order valence-electron chi connectivity index (χ0n) is 10.7. The summed E-state index contributed by atoms with van der Waals surface area (Å²) >= 11 is 6.13. The molecule has 0 heterocycles. The third kappa shape index (κ3) is 2.46. The van der Waals surface area contributed by atoms with Crippen molar-refractivity contribution in [3.63, 3.8) is 0 Å². The van der Waals surface area contributed by atoms with Gasteiger partial charge in [0.25, 0.3) is 0 Å². The van der Waals surface area contributed by atoms with Gasteiger partial charge in [0.2, 0.25) is 0 Å². The number of hydrogen-bond donors (Lipinski definition) is 1. The molecule has 0 aromatic heterocycles. The number of halogens is 1. The average molecular weight is 268 g/mol. The molecule has 1 aliphatic rings. The van der Waals surface area contributed by atoms with Crippen molar-refractivity contribution >= 4 is 23.3 Å². The van der Waals surface area contributed by atoms with Gasteiger partial charge in [-0.15, -0.1) is 0 Å². The summed E-state index contributed by atoms with van der Waals surface area (Å²) in [5.74, 6) is 0.311.